The van der Waals surface area contributed by atoms with Crippen LogP contribution in [0.2, 0.25) is 0 Å². The molecule has 0 bridgehead atoms. The first-order valence-corrected chi connectivity index (χ1v) is 18.6. The highest BCUT2D eigenvalue weighted by Gasteiger charge is 2.07. The van der Waals surface area contributed by atoms with Gasteiger partial charge in [0.15, 0.2) is 0 Å². The lowest BCUT2D eigenvalue weighted by Gasteiger charge is -2.09. The SMILES string of the molecule is C.C.C.C.C1CCC1.C1CCC1.C1CCC1.CC.CC#Cc1cc(C#CC)c(C)c(C)c1C.CC#Cc1cc(C#CC)c(C)c(C)c1C.CCC. The highest BCUT2D eigenvalue weighted by Crippen LogP contribution is 2.22. The van der Waals surface area contributed by atoms with Gasteiger partial charge in [0.2, 0.25) is 0 Å². The molecule has 0 spiro atoms. The minimum Gasteiger partial charge on any atom is -0.101 e. The van der Waals surface area contributed by atoms with Crippen molar-refractivity contribution in [2.45, 2.75) is 210 Å². The molecule has 0 aliphatic heterocycles. The first-order chi connectivity index (χ1) is 22.6. The molecule has 2 aromatic rings. The van der Waals surface area contributed by atoms with Gasteiger partial charge in [0.1, 0.15) is 0 Å². The Morgan fingerprint density at radius 2 is 0.490 bits per heavy atom. The molecular formula is C51H86. The fourth-order valence-electron chi connectivity index (χ4n) is 3.90. The van der Waals surface area contributed by atoms with Gasteiger partial charge in [-0.15, -0.1) is 23.7 Å². The zero-order valence-electron chi connectivity index (χ0n) is 33.3. The average Bonchev–Trinajstić information content (AvgIpc) is 2.95. The van der Waals surface area contributed by atoms with Crippen LogP contribution in [0, 0.1) is 88.9 Å². The van der Waals surface area contributed by atoms with E-state index in [2.05, 4.69) is 115 Å². The van der Waals surface area contributed by atoms with Gasteiger partial charge in [0.05, 0.1) is 0 Å². The Balaban J connectivity index is -0.000000129. The Morgan fingerprint density at radius 1 is 0.353 bits per heavy atom. The van der Waals surface area contributed by atoms with E-state index >= 15 is 0 Å². The summed E-state index contributed by atoms with van der Waals surface area (Å²) in [5, 5.41) is 0. The molecule has 51 heavy (non-hydrogen) atoms. The molecule has 3 saturated carbocycles. The maximum atomic E-state index is 3.12. The molecule has 2 aromatic carbocycles. The van der Waals surface area contributed by atoms with Crippen molar-refractivity contribution in [1.29, 1.82) is 0 Å². The van der Waals surface area contributed by atoms with Crippen LogP contribution in [0.1, 0.15) is 224 Å². The second kappa shape index (κ2) is 39.5. The first kappa shape index (κ1) is 59.8. The molecule has 0 amide bonds. The molecule has 3 aliphatic rings. The molecule has 0 nitrogen and oxygen atoms in total. The fourth-order valence-corrected chi connectivity index (χ4v) is 3.90. The summed E-state index contributed by atoms with van der Waals surface area (Å²) in [5.41, 5.74) is 12.0. The van der Waals surface area contributed by atoms with E-state index in [4.69, 9.17) is 0 Å². The first-order valence-electron chi connectivity index (χ1n) is 18.6. The van der Waals surface area contributed by atoms with Crippen molar-refractivity contribution in [2.75, 3.05) is 0 Å². The summed E-state index contributed by atoms with van der Waals surface area (Å²) >= 11 is 0. The van der Waals surface area contributed by atoms with Crippen molar-refractivity contribution in [1.82, 2.24) is 0 Å². The van der Waals surface area contributed by atoms with Crippen LogP contribution < -0.4 is 0 Å². The van der Waals surface area contributed by atoms with Crippen molar-refractivity contribution in [2.24, 2.45) is 0 Å². The summed E-state index contributed by atoms with van der Waals surface area (Å²) in [6.45, 7) is 28.4. The van der Waals surface area contributed by atoms with Crippen molar-refractivity contribution in [3.63, 3.8) is 0 Å². The fraction of sp³-hybridized carbons (Fsp3) is 0.608. The standard InChI is InChI=1S/2C15H16.3C4H8.C3H8.C2H6.4CH4/c2*1-6-8-14-10-15(9-7-2)13(5)11(3)12(14)4;3*1-2-4-3-1;1-3-2;1-2;;;;/h2*10H,1-5H3;3*1-4H2;3H2,1-2H3;1-2H3;4*1H4. The zero-order chi connectivity index (χ0) is 36.0. The monoisotopic (exact) mass is 699 g/mol. The Morgan fingerprint density at radius 3 is 0.588 bits per heavy atom. The molecule has 0 saturated heterocycles. The van der Waals surface area contributed by atoms with Crippen molar-refractivity contribution >= 4 is 0 Å². The highest BCUT2D eigenvalue weighted by molar-refractivity contribution is 5.56. The van der Waals surface area contributed by atoms with E-state index in [1.54, 1.807) is 0 Å². The molecule has 3 aliphatic carbocycles. The van der Waals surface area contributed by atoms with Gasteiger partial charge in [0, 0.05) is 22.3 Å². The summed E-state index contributed by atoms with van der Waals surface area (Å²) in [6.07, 6.45) is 19.2. The van der Waals surface area contributed by atoms with Gasteiger partial charge in [-0.3, -0.25) is 0 Å². The summed E-state index contributed by atoms with van der Waals surface area (Å²) in [4.78, 5) is 0. The van der Waals surface area contributed by atoms with Crippen molar-refractivity contribution in [3.05, 3.63) is 67.8 Å². The molecule has 0 heterocycles. The Kier molecular flexibility index (Phi) is 46.3. The van der Waals surface area contributed by atoms with Gasteiger partial charge < -0.3 is 0 Å². The zero-order valence-corrected chi connectivity index (χ0v) is 33.3. The Hall–Kier alpha value is -3.32. The second-order valence-corrected chi connectivity index (χ2v) is 12.1. The molecule has 290 valence electrons. The lowest BCUT2D eigenvalue weighted by molar-refractivity contribution is 0.504. The Bertz CT molecular complexity index is 1170. The molecule has 3 fully saturated rings. The van der Waals surface area contributed by atoms with Crippen LogP contribution in [0.3, 0.4) is 0 Å². The van der Waals surface area contributed by atoms with E-state index in [1.165, 1.54) is 117 Å². The third-order valence-corrected chi connectivity index (χ3v) is 8.48. The van der Waals surface area contributed by atoms with E-state index in [-0.39, 0.29) is 29.7 Å². The van der Waals surface area contributed by atoms with Gasteiger partial charge in [0.25, 0.3) is 0 Å². The van der Waals surface area contributed by atoms with E-state index in [1.807, 2.05) is 41.5 Å². The predicted octanol–water partition coefficient (Wildman–Crippen LogP) is 16.4. The van der Waals surface area contributed by atoms with E-state index in [9.17, 15) is 0 Å². The molecule has 0 heteroatoms. The smallest absolute Gasteiger partial charge is 0.0289 e. The van der Waals surface area contributed by atoms with E-state index in [0.717, 1.165) is 22.3 Å². The predicted molar refractivity (Wildman–Crippen MR) is 241 cm³/mol. The summed E-state index contributed by atoms with van der Waals surface area (Å²) in [5.74, 6) is 24.3. The largest absolute Gasteiger partial charge is 0.101 e. The number of rotatable bonds is 0. The van der Waals surface area contributed by atoms with Gasteiger partial charge in [-0.1, -0.05) is 165 Å². The molecule has 0 aromatic heterocycles. The van der Waals surface area contributed by atoms with Crippen molar-refractivity contribution < 1.29 is 0 Å². The third kappa shape index (κ3) is 25.3. The van der Waals surface area contributed by atoms with Crippen LogP contribution in [0.5, 0.6) is 0 Å². The maximum Gasteiger partial charge on any atom is 0.0289 e. The number of hydrogen-bond donors (Lipinski definition) is 0. The molecular weight excluding hydrogens is 613 g/mol. The Labute approximate surface area is 324 Å². The molecule has 0 unspecified atom stereocenters. The van der Waals surface area contributed by atoms with Crippen LogP contribution in [-0.4, -0.2) is 0 Å². The van der Waals surface area contributed by atoms with Gasteiger partial charge in [-0.25, -0.2) is 0 Å². The quantitative estimate of drug-likeness (QED) is 0.240. The minimum absolute atomic E-state index is 0. The lowest BCUT2D eigenvalue weighted by Crippen LogP contribution is -1.95. The average molecular weight is 699 g/mol. The van der Waals surface area contributed by atoms with E-state index in [0.29, 0.717) is 0 Å². The maximum absolute atomic E-state index is 3.12. The van der Waals surface area contributed by atoms with E-state index < -0.39 is 0 Å². The van der Waals surface area contributed by atoms with Crippen LogP contribution in [-0.2, 0) is 0 Å². The van der Waals surface area contributed by atoms with Crippen LogP contribution >= 0.6 is 0 Å². The van der Waals surface area contributed by atoms with Gasteiger partial charge >= 0.3 is 0 Å². The molecule has 0 radical (unpaired) electrons. The normalized spacial score (nSPS) is 11.2. The number of benzene rings is 2. The molecule has 0 atom stereocenters. The van der Waals surface area contributed by atoms with Crippen LogP contribution in [0.15, 0.2) is 12.1 Å². The third-order valence-electron chi connectivity index (χ3n) is 8.48. The van der Waals surface area contributed by atoms with Crippen LogP contribution in [0.25, 0.3) is 0 Å². The summed E-state index contributed by atoms with van der Waals surface area (Å²) in [7, 11) is 0. The summed E-state index contributed by atoms with van der Waals surface area (Å²) in [6, 6.07) is 4.18. The molecule has 0 N–H and O–H groups in total. The van der Waals surface area contributed by atoms with Crippen molar-refractivity contribution in [3.8, 4) is 47.4 Å². The van der Waals surface area contributed by atoms with Gasteiger partial charge in [-0.05, 0) is 115 Å². The highest BCUT2D eigenvalue weighted by atomic mass is 14.1. The molecule has 5 rings (SSSR count). The van der Waals surface area contributed by atoms with Gasteiger partial charge in [-0.2, -0.15) is 0 Å². The van der Waals surface area contributed by atoms with Crippen LogP contribution in [0.4, 0.5) is 0 Å². The second-order valence-electron chi connectivity index (χ2n) is 12.1. The topological polar surface area (TPSA) is 0 Å². The summed E-state index contributed by atoms with van der Waals surface area (Å²) < 4.78 is 0. The lowest BCUT2D eigenvalue weighted by atomic mass is 9.94. The number of hydrogen-bond acceptors (Lipinski definition) is 0. The minimum atomic E-state index is 0.